The normalized spacial score (nSPS) is 33.8. The van der Waals surface area contributed by atoms with Gasteiger partial charge < -0.3 is 19.9 Å². The van der Waals surface area contributed by atoms with Gasteiger partial charge in [-0.25, -0.2) is 4.79 Å². The maximum absolute atomic E-state index is 12.1. The van der Waals surface area contributed by atoms with Gasteiger partial charge in [0, 0.05) is 25.3 Å². The molecule has 2 bridgehead atoms. The highest BCUT2D eigenvalue weighted by atomic mass is 16.6. The zero-order chi connectivity index (χ0) is 15.9. The number of nitrogens with two attached hydrogens (primary N) is 1. The highest BCUT2D eigenvalue weighted by molar-refractivity contribution is 5.35. The summed E-state index contributed by atoms with van der Waals surface area (Å²) in [7, 11) is 1.52. The Morgan fingerprint density at radius 1 is 1.64 bits per heavy atom. The molecule has 0 amide bonds. The van der Waals surface area contributed by atoms with E-state index in [-0.39, 0.29) is 12.4 Å². The molecule has 120 valence electrons. The first-order valence-corrected chi connectivity index (χ1v) is 6.99. The number of ether oxygens (including phenoxy) is 3. The number of anilines is 1. The van der Waals surface area contributed by atoms with Crippen LogP contribution in [-0.4, -0.2) is 47.6 Å². The van der Waals surface area contributed by atoms with E-state index in [0.717, 1.165) is 0 Å². The molecule has 1 aromatic rings. The quantitative estimate of drug-likeness (QED) is 0.776. The Balaban J connectivity index is 2.04. The fraction of sp³-hybridized carbons (Fsp3) is 0.692. The Labute approximate surface area is 126 Å². The minimum absolute atomic E-state index is 0.0575. The predicted octanol–water partition coefficient (Wildman–Crippen LogP) is -0.0282. The molecule has 2 N–H and O–H groups in total. The molecule has 3 unspecified atom stereocenters. The van der Waals surface area contributed by atoms with E-state index in [4.69, 9.17) is 19.9 Å². The van der Waals surface area contributed by atoms with Crippen molar-refractivity contribution in [3.8, 4) is 0 Å². The second kappa shape index (κ2) is 5.41. The van der Waals surface area contributed by atoms with E-state index >= 15 is 0 Å². The molecule has 0 saturated carbocycles. The number of fused-ring (bicyclic) bond motifs is 2. The van der Waals surface area contributed by atoms with Crippen molar-refractivity contribution in [2.24, 2.45) is 5.18 Å². The lowest BCUT2D eigenvalue weighted by Crippen LogP contribution is -2.52. The van der Waals surface area contributed by atoms with E-state index in [9.17, 15) is 9.70 Å². The van der Waals surface area contributed by atoms with Crippen LogP contribution in [0.25, 0.3) is 0 Å². The van der Waals surface area contributed by atoms with Gasteiger partial charge in [-0.05, 0) is 6.92 Å². The van der Waals surface area contributed by atoms with Crippen LogP contribution in [0.4, 0.5) is 5.82 Å². The molecule has 3 rings (SSSR count). The van der Waals surface area contributed by atoms with Crippen LogP contribution in [-0.2, 0) is 14.2 Å². The summed E-state index contributed by atoms with van der Waals surface area (Å²) in [6.45, 7) is 2.10. The van der Waals surface area contributed by atoms with E-state index in [1.165, 1.54) is 11.7 Å². The SMILES string of the molecule is COC1C2OCC[C@]1(CN=O)OC2n1cc(C)c(N)nc1=O. The average Bonchev–Trinajstić information content (AvgIpc) is 2.65. The minimum Gasteiger partial charge on any atom is -0.383 e. The molecular formula is C13H18N4O5. The van der Waals surface area contributed by atoms with Crippen molar-refractivity contribution in [1.29, 1.82) is 0 Å². The summed E-state index contributed by atoms with van der Waals surface area (Å²) in [5.74, 6) is 0.177. The summed E-state index contributed by atoms with van der Waals surface area (Å²) in [6, 6.07) is 0. The van der Waals surface area contributed by atoms with Crippen LogP contribution >= 0.6 is 0 Å². The van der Waals surface area contributed by atoms with E-state index < -0.39 is 29.7 Å². The van der Waals surface area contributed by atoms with E-state index in [2.05, 4.69) is 10.2 Å². The average molecular weight is 310 g/mol. The summed E-state index contributed by atoms with van der Waals surface area (Å²) in [5, 5.41) is 2.98. The Hall–Kier alpha value is -1.84. The van der Waals surface area contributed by atoms with Crippen molar-refractivity contribution in [2.75, 3.05) is 26.0 Å². The molecule has 9 nitrogen and oxygen atoms in total. The van der Waals surface area contributed by atoms with Gasteiger partial charge in [0.2, 0.25) is 0 Å². The summed E-state index contributed by atoms with van der Waals surface area (Å²) in [6.07, 6.45) is 0.333. The van der Waals surface area contributed by atoms with Gasteiger partial charge in [0.15, 0.2) is 6.23 Å². The van der Waals surface area contributed by atoms with Gasteiger partial charge in [0.1, 0.15) is 30.2 Å². The van der Waals surface area contributed by atoms with Gasteiger partial charge in [-0.2, -0.15) is 9.89 Å². The molecule has 2 aliphatic rings. The zero-order valence-corrected chi connectivity index (χ0v) is 12.4. The molecule has 1 aromatic heterocycles. The fourth-order valence-electron chi connectivity index (χ4n) is 3.20. The number of rotatable bonds is 4. The van der Waals surface area contributed by atoms with Gasteiger partial charge in [0.25, 0.3) is 0 Å². The fourth-order valence-corrected chi connectivity index (χ4v) is 3.20. The lowest BCUT2D eigenvalue weighted by atomic mass is 9.89. The second-order valence-electron chi connectivity index (χ2n) is 5.60. The highest BCUT2D eigenvalue weighted by Gasteiger charge is 2.60. The third-order valence-corrected chi connectivity index (χ3v) is 4.32. The molecular weight excluding hydrogens is 292 g/mol. The number of hydrogen-bond donors (Lipinski definition) is 1. The number of nitrogen functional groups attached to an aromatic ring is 1. The Morgan fingerprint density at radius 2 is 2.41 bits per heavy atom. The Bertz CT molecular complexity index is 648. The second-order valence-corrected chi connectivity index (χ2v) is 5.60. The van der Waals surface area contributed by atoms with Crippen LogP contribution in [0.1, 0.15) is 18.2 Å². The van der Waals surface area contributed by atoms with Gasteiger partial charge >= 0.3 is 5.69 Å². The highest BCUT2D eigenvalue weighted by Crippen LogP contribution is 2.45. The standard InChI is InChI=1S/C13H18N4O5/c1-7-5-17(12(18)16-10(7)14)11-8-9(20-2)13(22-11,6-15-19)3-4-21-8/h5,8-9,11H,3-4,6H2,1-2H3,(H2,14,16,18)/t8?,9?,11?,13-/m1/s1. The van der Waals surface area contributed by atoms with Crippen molar-refractivity contribution in [3.05, 3.63) is 27.2 Å². The van der Waals surface area contributed by atoms with Crippen LogP contribution in [0.3, 0.4) is 0 Å². The number of nitrogens with zero attached hydrogens (tertiary/aromatic N) is 3. The first-order valence-electron chi connectivity index (χ1n) is 6.99. The summed E-state index contributed by atoms with van der Waals surface area (Å²) in [4.78, 5) is 26.7. The molecule has 2 aliphatic heterocycles. The lowest BCUT2D eigenvalue weighted by Gasteiger charge is -2.35. The molecule has 4 atom stereocenters. The minimum atomic E-state index is -0.876. The molecule has 2 saturated heterocycles. The van der Waals surface area contributed by atoms with Crippen LogP contribution in [0.2, 0.25) is 0 Å². The first kappa shape index (κ1) is 15.1. The van der Waals surface area contributed by atoms with E-state index in [1.807, 2.05) is 0 Å². The topological polar surface area (TPSA) is 118 Å². The summed E-state index contributed by atoms with van der Waals surface area (Å²) in [5.41, 5.74) is 4.89. The van der Waals surface area contributed by atoms with Crippen LogP contribution in [0.15, 0.2) is 16.2 Å². The maximum atomic E-state index is 12.1. The third-order valence-electron chi connectivity index (χ3n) is 4.32. The molecule has 2 fully saturated rings. The first-order chi connectivity index (χ1) is 10.5. The lowest BCUT2D eigenvalue weighted by molar-refractivity contribution is -0.129. The van der Waals surface area contributed by atoms with Crippen LogP contribution in [0, 0.1) is 11.8 Å². The zero-order valence-electron chi connectivity index (χ0n) is 12.4. The van der Waals surface area contributed by atoms with Crippen molar-refractivity contribution in [2.45, 2.75) is 37.4 Å². The van der Waals surface area contributed by atoms with Gasteiger partial charge in [0.05, 0.1) is 6.61 Å². The van der Waals surface area contributed by atoms with E-state index in [1.54, 1.807) is 13.1 Å². The van der Waals surface area contributed by atoms with Crippen LogP contribution in [0.5, 0.6) is 0 Å². The Kier molecular flexibility index (Phi) is 3.71. The van der Waals surface area contributed by atoms with Gasteiger partial charge in [-0.3, -0.25) is 4.57 Å². The monoisotopic (exact) mass is 310 g/mol. The maximum Gasteiger partial charge on any atom is 0.351 e. The summed E-state index contributed by atoms with van der Waals surface area (Å²) >= 11 is 0. The van der Waals surface area contributed by atoms with Crippen LogP contribution < -0.4 is 11.4 Å². The number of hydrogen-bond acceptors (Lipinski definition) is 8. The van der Waals surface area contributed by atoms with Crippen molar-refractivity contribution in [1.82, 2.24) is 9.55 Å². The molecule has 22 heavy (non-hydrogen) atoms. The molecule has 3 heterocycles. The number of methoxy groups -OCH3 is 1. The third kappa shape index (κ3) is 2.13. The number of aryl methyl sites for hydroxylation is 1. The van der Waals surface area contributed by atoms with E-state index in [0.29, 0.717) is 18.6 Å². The smallest absolute Gasteiger partial charge is 0.351 e. The molecule has 0 aromatic carbocycles. The molecule has 0 spiro atoms. The predicted molar refractivity (Wildman–Crippen MR) is 76.3 cm³/mol. The number of nitroso groups, excluding NO2 is 1. The summed E-state index contributed by atoms with van der Waals surface area (Å²) < 4.78 is 18.5. The largest absolute Gasteiger partial charge is 0.383 e. The van der Waals surface area contributed by atoms with Gasteiger partial charge in [-0.1, -0.05) is 5.18 Å². The molecule has 9 heteroatoms. The van der Waals surface area contributed by atoms with Crippen molar-refractivity contribution >= 4 is 5.82 Å². The van der Waals surface area contributed by atoms with Crippen molar-refractivity contribution in [3.63, 3.8) is 0 Å². The van der Waals surface area contributed by atoms with Crippen molar-refractivity contribution < 1.29 is 14.2 Å². The molecule has 0 aliphatic carbocycles. The molecule has 0 radical (unpaired) electrons. The number of aromatic nitrogens is 2. The van der Waals surface area contributed by atoms with Gasteiger partial charge in [-0.15, -0.1) is 0 Å². The Morgan fingerprint density at radius 3 is 3.09 bits per heavy atom.